The molecule has 2 rings (SSSR count). The number of guanidine groups is 1. The van der Waals surface area contributed by atoms with Gasteiger partial charge < -0.3 is 20.1 Å². The van der Waals surface area contributed by atoms with Crippen LogP contribution in [-0.2, 0) is 16.0 Å². The smallest absolute Gasteiger partial charge is 0.306 e. The van der Waals surface area contributed by atoms with Crippen molar-refractivity contribution in [3.8, 4) is 0 Å². The monoisotopic (exact) mass is 482 g/mol. The highest BCUT2D eigenvalue weighted by atomic mass is 127. The number of nitro groups is 1. The zero-order chi connectivity index (χ0) is 17.9. The molecule has 1 aliphatic rings. The molecule has 0 radical (unpaired) electrons. The van der Waals surface area contributed by atoms with Crippen LogP contribution < -0.4 is 10.6 Å². The van der Waals surface area contributed by atoms with Gasteiger partial charge in [0.25, 0.3) is 0 Å². The predicted octanol–water partition coefficient (Wildman–Crippen LogP) is 1.16. The maximum absolute atomic E-state index is 10.6. The number of ether oxygens (including phenoxy) is 2. The summed E-state index contributed by atoms with van der Waals surface area (Å²) < 4.78 is 12.5. The van der Waals surface area contributed by atoms with Crippen molar-refractivity contribution in [3.63, 3.8) is 0 Å². The number of halogens is 1. The second-order valence-electron chi connectivity index (χ2n) is 5.62. The summed E-state index contributed by atoms with van der Waals surface area (Å²) >= 11 is 0. The Hall–Kier alpha value is -1.47. The average molecular weight is 482 g/mol. The van der Waals surface area contributed by atoms with E-state index in [0.29, 0.717) is 38.8 Å². The lowest BCUT2D eigenvalue weighted by Crippen LogP contribution is -2.39. The summed E-state index contributed by atoms with van der Waals surface area (Å²) in [5, 5.41) is 20.9. The van der Waals surface area contributed by atoms with E-state index in [-0.39, 0.29) is 35.8 Å². The number of aromatic nitrogens is 2. The lowest BCUT2D eigenvalue weighted by molar-refractivity contribution is -0.385. The molecule has 0 aromatic carbocycles. The molecule has 1 saturated heterocycles. The number of aliphatic imine (C=N–C) groups is 1. The molecule has 148 valence electrons. The van der Waals surface area contributed by atoms with Crippen LogP contribution in [0.15, 0.2) is 17.4 Å². The Morgan fingerprint density at radius 3 is 3.08 bits per heavy atom. The normalized spacial score (nSPS) is 17.0. The summed E-state index contributed by atoms with van der Waals surface area (Å²) in [6, 6.07) is 0. The molecule has 0 spiro atoms. The van der Waals surface area contributed by atoms with Gasteiger partial charge in [0, 0.05) is 32.8 Å². The SMILES string of the molecule is CCNC(=NCCCOC1CCOC1)NCCn1cc([N+](=O)[O-])cn1.I. The molecule has 1 fully saturated rings. The number of nitrogens with one attached hydrogen (secondary N) is 2. The predicted molar refractivity (Wildman–Crippen MR) is 108 cm³/mol. The largest absolute Gasteiger partial charge is 0.379 e. The van der Waals surface area contributed by atoms with Crippen LogP contribution in [0.25, 0.3) is 0 Å². The van der Waals surface area contributed by atoms with Crippen LogP contribution in [0.3, 0.4) is 0 Å². The number of rotatable bonds is 10. The highest BCUT2D eigenvalue weighted by Crippen LogP contribution is 2.08. The first-order valence-corrected chi connectivity index (χ1v) is 8.57. The highest BCUT2D eigenvalue weighted by molar-refractivity contribution is 14.0. The van der Waals surface area contributed by atoms with Gasteiger partial charge in [-0.25, -0.2) is 0 Å². The Balaban J connectivity index is 0.00000338. The second-order valence-corrected chi connectivity index (χ2v) is 5.62. The van der Waals surface area contributed by atoms with Crippen LogP contribution in [0.1, 0.15) is 19.8 Å². The average Bonchev–Trinajstić information content (AvgIpc) is 3.26. The first-order chi connectivity index (χ1) is 12.2. The second kappa shape index (κ2) is 12.8. The minimum atomic E-state index is -0.456. The Bertz CT molecular complexity index is 562. The van der Waals surface area contributed by atoms with Crippen molar-refractivity contribution in [3.05, 3.63) is 22.5 Å². The minimum absolute atomic E-state index is 0. The van der Waals surface area contributed by atoms with E-state index in [4.69, 9.17) is 9.47 Å². The summed E-state index contributed by atoms with van der Waals surface area (Å²) in [6.45, 7) is 6.66. The van der Waals surface area contributed by atoms with Crippen LogP contribution in [0.2, 0.25) is 0 Å². The van der Waals surface area contributed by atoms with Crippen LogP contribution in [-0.4, -0.2) is 66.2 Å². The van der Waals surface area contributed by atoms with E-state index in [1.807, 2.05) is 6.92 Å². The summed E-state index contributed by atoms with van der Waals surface area (Å²) in [7, 11) is 0. The summed E-state index contributed by atoms with van der Waals surface area (Å²) in [4.78, 5) is 14.7. The van der Waals surface area contributed by atoms with Gasteiger partial charge >= 0.3 is 5.69 Å². The molecule has 1 atom stereocenters. The molecule has 10 nitrogen and oxygen atoms in total. The summed E-state index contributed by atoms with van der Waals surface area (Å²) in [6.07, 6.45) is 4.70. The molecule has 1 aliphatic heterocycles. The Kier molecular flexibility index (Phi) is 11.1. The topological polar surface area (TPSA) is 116 Å². The van der Waals surface area contributed by atoms with Gasteiger partial charge in [-0.1, -0.05) is 0 Å². The van der Waals surface area contributed by atoms with E-state index in [1.54, 1.807) is 0 Å². The zero-order valence-electron chi connectivity index (χ0n) is 14.9. The van der Waals surface area contributed by atoms with Crippen molar-refractivity contribution in [2.24, 2.45) is 4.99 Å². The van der Waals surface area contributed by atoms with Gasteiger partial charge in [0.2, 0.25) is 0 Å². The Morgan fingerprint density at radius 2 is 2.42 bits per heavy atom. The van der Waals surface area contributed by atoms with E-state index in [2.05, 4.69) is 20.7 Å². The summed E-state index contributed by atoms with van der Waals surface area (Å²) in [5.41, 5.74) is -0.00626. The lowest BCUT2D eigenvalue weighted by atomic mass is 10.3. The quantitative estimate of drug-likeness (QED) is 0.128. The van der Waals surface area contributed by atoms with E-state index in [9.17, 15) is 10.1 Å². The van der Waals surface area contributed by atoms with E-state index >= 15 is 0 Å². The first kappa shape index (κ1) is 22.6. The van der Waals surface area contributed by atoms with E-state index < -0.39 is 4.92 Å². The molecule has 0 saturated carbocycles. The fourth-order valence-corrected chi connectivity index (χ4v) is 2.35. The van der Waals surface area contributed by atoms with Crippen molar-refractivity contribution < 1.29 is 14.4 Å². The molecule has 1 aromatic heterocycles. The standard InChI is InChI=1S/C15H26N6O4.HI/c1-2-16-15(17-5-3-8-25-14-4-9-24-12-14)18-6-7-20-11-13(10-19-20)21(22)23;/h10-11,14H,2-9,12H2,1H3,(H2,16,17,18);1H. The van der Waals surface area contributed by atoms with E-state index in [1.165, 1.54) is 17.1 Å². The molecule has 0 bridgehead atoms. The molecule has 0 aliphatic carbocycles. The fraction of sp³-hybridized carbons (Fsp3) is 0.733. The van der Waals surface area contributed by atoms with Gasteiger partial charge in [0.15, 0.2) is 5.96 Å². The van der Waals surface area contributed by atoms with E-state index in [0.717, 1.165) is 26.0 Å². The molecule has 2 N–H and O–H groups in total. The molecule has 2 heterocycles. The third-order valence-corrected chi connectivity index (χ3v) is 3.62. The van der Waals surface area contributed by atoms with Crippen LogP contribution >= 0.6 is 24.0 Å². The maximum Gasteiger partial charge on any atom is 0.306 e. The van der Waals surface area contributed by atoms with Gasteiger partial charge in [-0.2, -0.15) is 5.10 Å². The van der Waals surface area contributed by atoms with Crippen molar-refractivity contribution in [2.75, 3.05) is 39.5 Å². The van der Waals surface area contributed by atoms with Crippen molar-refractivity contribution in [2.45, 2.75) is 32.4 Å². The van der Waals surface area contributed by atoms with Gasteiger partial charge in [0.1, 0.15) is 12.4 Å². The van der Waals surface area contributed by atoms with Gasteiger partial charge in [-0.3, -0.25) is 19.8 Å². The molecular formula is C15H27IN6O4. The molecule has 0 amide bonds. The number of hydrogen-bond donors (Lipinski definition) is 2. The molecule has 1 aromatic rings. The molecule has 1 unspecified atom stereocenters. The number of hydrogen-bond acceptors (Lipinski definition) is 6. The van der Waals surface area contributed by atoms with Crippen molar-refractivity contribution in [1.29, 1.82) is 0 Å². The third-order valence-electron chi connectivity index (χ3n) is 3.62. The minimum Gasteiger partial charge on any atom is -0.379 e. The Morgan fingerprint density at radius 1 is 1.58 bits per heavy atom. The number of nitrogens with zero attached hydrogens (tertiary/aromatic N) is 4. The zero-order valence-corrected chi connectivity index (χ0v) is 17.3. The van der Waals surface area contributed by atoms with Crippen molar-refractivity contribution in [1.82, 2.24) is 20.4 Å². The fourth-order valence-electron chi connectivity index (χ4n) is 2.35. The van der Waals surface area contributed by atoms with Crippen LogP contribution in [0.4, 0.5) is 5.69 Å². The van der Waals surface area contributed by atoms with Crippen LogP contribution in [0, 0.1) is 10.1 Å². The first-order valence-electron chi connectivity index (χ1n) is 8.57. The maximum atomic E-state index is 10.6. The molecule has 11 heteroatoms. The van der Waals surface area contributed by atoms with Crippen molar-refractivity contribution >= 4 is 35.6 Å². The van der Waals surface area contributed by atoms with Gasteiger partial charge in [0.05, 0.1) is 24.2 Å². The molecule has 26 heavy (non-hydrogen) atoms. The van der Waals surface area contributed by atoms with Gasteiger partial charge in [-0.15, -0.1) is 24.0 Å². The highest BCUT2D eigenvalue weighted by Gasteiger charge is 2.15. The van der Waals surface area contributed by atoms with Gasteiger partial charge in [-0.05, 0) is 19.8 Å². The molecular weight excluding hydrogens is 455 g/mol. The summed E-state index contributed by atoms with van der Waals surface area (Å²) in [5.74, 6) is 0.716. The Labute approximate surface area is 169 Å². The van der Waals surface area contributed by atoms with Crippen LogP contribution in [0.5, 0.6) is 0 Å². The lowest BCUT2D eigenvalue weighted by Gasteiger charge is -2.12. The third kappa shape index (κ3) is 8.27.